The molecule has 0 aliphatic carbocycles. The van der Waals surface area contributed by atoms with Gasteiger partial charge in [0.2, 0.25) is 0 Å². The summed E-state index contributed by atoms with van der Waals surface area (Å²) < 4.78 is 0. The van der Waals surface area contributed by atoms with Crippen molar-refractivity contribution in [2.24, 2.45) is 20.6 Å². The number of allylic oxidation sites excluding steroid dienone is 2. The van der Waals surface area contributed by atoms with Crippen molar-refractivity contribution in [1.29, 1.82) is 0 Å². The van der Waals surface area contributed by atoms with E-state index < -0.39 is 0 Å². The average Bonchev–Trinajstić information content (AvgIpc) is 2.77. The summed E-state index contributed by atoms with van der Waals surface area (Å²) in [5, 5.41) is 43.3. The molecule has 0 saturated heterocycles. The van der Waals surface area contributed by atoms with Crippen molar-refractivity contribution in [2.45, 2.75) is 54.4 Å². The number of pyridine rings is 1. The number of unbranched alkanes of at least 4 members (excludes halogenated alkanes) is 1. The molecule has 1 radical (unpaired) electrons. The Kier molecular flexibility index (Phi) is 32.1. The van der Waals surface area contributed by atoms with Crippen LogP contribution in [0, 0.1) is 6.08 Å². The third kappa shape index (κ3) is 27.6. The number of rotatable bonds is 4. The molecule has 29 heavy (non-hydrogen) atoms. The van der Waals surface area contributed by atoms with E-state index in [1.165, 1.54) is 40.5 Å². The minimum absolute atomic E-state index is 0. The Bertz CT molecular complexity index is 528. The van der Waals surface area contributed by atoms with Crippen LogP contribution in [0.2, 0.25) is 0 Å². The number of aromatic nitrogens is 1. The fourth-order valence-electron chi connectivity index (χ4n) is 0.891. The zero-order valence-corrected chi connectivity index (χ0v) is 18.8. The minimum atomic E-state index is 0. The summed E-state index contributed by atoms with van der Waals surface area (Å²) in [5.41, 5.74) is 1.25. The molecule has 0 unspecified atom stereocenters. The van der Waals surface area contributed by atoms with E-state index in [1.807, 2.05) is 25.1 Å². The van der Waals surface area contributed by atoms with Crippen LogP contribution in [0.25, 0.3) is 0 Å². The summed E-state index contributed by atoms with van der Waals surface area (Å²) in [7, 11) is 0. The summed E-state index contributed by atoms with van der Waals surface area (Å²) in [4.78, 5) is 3.78. The molecule has 0 atom stereocenters. The molecule has 0 saturated carbocycles. The Balaban J connectivity index is -0.000000143. The van der Waals surface area contributed by atoms with Crippen LogP contribution in [0.4, 0.5) is 0 Å². The quantitative estimate of drug-likeness (QED) is 0.228. The van der Waals surface area contributed by atoms with Gasteiger partial charge in [-0.2, -0.15) is 6.92 Å². The number of oxime groups is 4. The molecule has 0 aliphatic rings. The second kappa shape index (κ2) is 27.5. The topological polar surface area (TPSA) is 143 Å². The van der Waals surface area contributed by atoms with Crippen molar-refractivity contribution < 1.29 is 37.6 Å². The van der Waals surface area contributed by atoms with E-state index in [0.717, 1.165) is 0 Å². The van der Waals surface area contributed by atoms with Crippen LogP contribution in [0.5, 0.6) is 0 Å². The Morgan fingerprint density at radius 2 is 1.14 bits per heavy atom. The minimum Gasteiger partial charge on any atom is -0.504 e. The van der Waals surface area contributed by atoms with E-state index >= 15 is 0 Å². The van der Waals surface area contributed by atoms with E-state index in [4.69, 9.17) is 20.8 Å². The number of nitrogens with zero attached hydrogens (tertiary/aromatic N) is 5. The third-order valence-corrected chi connectivity index (χ3v) is 2.85. The molecule has 1 heterocycles. The van der Waals surface area contributed by atoms with Crippen LogP contribution in [-0.4, -0.2) is 48.7 Å². The monoisotopic (exact) mass is 453 g/mol. The first-order chi connectivity index (χ1) is 13.4. The molecule has 0 aromatic carbocycles. The van der Waals surface area contributed by atoms with Crippen LogP contribution in [0.1, 0.15) is 54.4 Å². The Morgan fingerprint density at radius 3 is 1.24 bits per heavy atom. The molecule has 0 spiro atoms. The van der Waals surface area contributed by atoms with Gasteiger partial charge in [0.05, 0.1) is 0 Å². The Labute approximate surface area is 183 Å². The average molecular weight is 453 g/mol. The van der Waals surface area contributed by atoms with Gasteiger partial charge in [0.25, 0.3) is 0 Å². The first kappa shape index (κ1) is 33.8. The fourth-order valence-corrected chi connectivity index (χ4v) is 0.891. The Hall–Kier alpha value is -2.72. The zero-order chi connectivity index (χ0) is 22.2. The molecule has 1 aromatic rings. The van der Waals surface area contributed by atoms with E-state index in [0.29, 0.717) is 22.8 Å². The van der Waals surface area contributed by atoms with E-state index in [9.17, 15) is 0 Å². The van der Waals surface area contributed by atoms with E-state index in [-0.39, 0.29) is 16.8 Å². The molecule has 0 amide bonds. The van der Waals surface area contributed by atoms with Crippen molar-refractivity contribution in [3.05, 3.63) is 42.7 Å². The van der Waals surface area contributed by atoms with Crippen LogP contribution in [0.15, 0.2) is 57.3 Å². The second-order valence-electron chi connectivity index (χ2n) is 5.05. The van der Waals surface area contributed by atoms with Gasteiger partial charge < -0.3 is 26.9 Å². The van der Waals surface area contributed by atoms with Crippen molar-refractivity contribution >= 4 is 22.8 Å². The van der Waals surface area contributed by atoms with Gasteiger partial charge >= 0.3 is 0 Å². The van der Waals surface area contributed by atoms with Gasteiger partial charge in [-0.15, -0.1) is 0 Å². The summed E-state index contributed by atoms with van der Waals surface area (Å²) in [5.74, 6) is 0. The predicted octanol–water partition coefficient (Wildman–Crippen LogP) is 4.62. The third-order valence-electron chi connectivity index (χ3n) is 2.85. The maximum Gasteiger partial charge on any atom is 0.101 e. The first-order valence-electron chi connectivity index (χ1n) is 8.45. The second-order valence-corrected chi connectivity index (χ2v) is 5.05. The molecule has 1 aromatic heterocycles. The zero-order valence-electron chi connectivity index (χ0n) is 17.7. The van der Waals surface area contributed by atoms with Gasteiger partial charge in [0.15, 0.2) is 0 Å². The Morgan fingerprint density at radius 1 is 0.793 bits per heavy atom. The molecule has 4 N–H and O–H groups in total. The van der Waals surface area contributed by atoms with Gasteiger partial charge in [-0.1, -0.05) is 46.5 Å². The number of hydrogen-bond donors (Lipinski definition) is 4. The van der Waals surface area contributed by atoms with Crippen molar-refractivity contribution in [3.8, 4) is 0 Å². The molecule has 9 nitrogen and oxygen atoms in total. The van der Waals surface area contributed by atoms with Crippen LogP contribution in [0.3, 0.4) is 0 Å². The van der Waals surface area contributed by atoms with Gasteiger partial charge in [-0.05, 0) is 39.8 Å². The largest absolute Gasteiger partial charge is 0.504 e. The summed E-state index contributed by atoms with van der Waals surface area (Å²) in [6.07, 6.45) is 10.9. The van der Waals surface area contributed by atoms with Crippen LogP contribution in [-0.2, 0) is 16.8 Å². The molecular formula is C19H32CoN5O4-. The van der Waals surface area contributed by atoms with Crippen LogP contribution < -0.4 is 0 Å². The van der Waals surface area contributed by atoms with Gasteiger partial charge in [-0.3, -0.25) is 11.1 Å². The van der Waals surface area contributed by atoms with E-state index in [2.05, 4.69) is 44.7 Å². The number of hydrogen-bond acceptors (Lipinski definition) is 9. The van der Waals surface area contributed by atoms with Crippen LogP contribution >= 0.6 is 0 Å². The van der Waals surface area contributed by atoms with Crippen molar-refractivity contribution in [3.63, 3.8) is 0 Å². The summed E-state index contributed by atoms with van der Waals surface area (Å²) in [6.45, 7) is 10.2. The van der Waals surface area contributed by atoms with Gasteiger partial charge in [0, 0.05) is 29.2 Å². The molecule has 1 rings (SSSR count). The molecule has 167 valence electrons. The maximum atomic E-state index is 8.03. The fraction of sp³-hybridized carbons (Fsp3) is 0.421. The standard InChI is InChI=1S/C6H11.C5H5N.2C4H8N2O2.Co/c1-3-5-6-4-2;1-2-4-6-5-3-1;2*1-3(5-7)4(2)6-8;/h6H,3,5H2,1-2H3;1-5H;2*7-8H,1-2H3;/q-1;;;;/b;;5-3+,6-4+;5-3-,6-4+;. The normalized spacial score (nSPS) is 11.7. The smallest absolute Gasteiger partial charge is 0.101 e. The molecular weight excluding hydrogens is 421 g/mol. The molecule has 10 heteroatoms. The molecule has 0 fully saturated rings. The summed E-state index contributed by atoms with van der Waals surface area (Å²) >= 11 is 0. The van der Waals surface area contributed by atoms with Crippen molar-refractivity contribution in [1.82, 2.24) is 4.98 Å². The SMILES string of the molecule is CC(=N/O)/C(C)=N/O.CC(=N\O)/C(C)=N/O.C[C-]=CCCC.[Co].c1ccncc1. The summed E-state index contributed by atoms with van der Waals surface area (Å²) in [6, 6.07) is 5.72. The first-order valence-corrected chi connectivity index (χ1v) is 8.45. The predicted molar refractivity (Wildman–Crippen MR) is 112 cm³/mol. The van der Waals surface area contributed by atoms with Crippen molar-refractivity contribution in [2.75, 3.05) is 0 Å². The van der Waals surface area contributed by atoms with E-state index in [1.54, 1.807) is 12.4 Å². The van der Waals surface area contributed by atoms with Gasteiger partial charge in [0.1, 0.15) is 22.8 Å². The molecule has 0 bridgehead atoms. The molecule has 0 aliphatic heterocycles. The maximum absolute atomic E-state index is 8.03. The van der Waals surface area contributed by atoms with Gasteiger partial charge in [-0.25, -0.2) is 0 Å².